The van der Waals surface area contributed by atoms with Crippen LogP contribution in [0.15, 0.2) is 18.5 Å². The first-order valence-electron chi connectivity index (χ1n) is 8.78. The van der Waals surface area contributed by atoms with Crippen molar-refractivity contribution in [3.05, 3.63) is 34.9 Å². The van der Waals surface area contributed by atoms with Gasteiger partial charge in [-0.1, -0.05) is 18.5 Å². The number of hydrogen-bond acceptors (Lipinski definition) is 8. The van der Waals surface area contributed by atoms with Crippen LogP contribution in [0.3, 0.4) is 0 Å². The van der Waals surface area contributed by atoms with Crippen LogP contribution in [0, 0.1) is 17.7 Å². The minimum Gasteiger partial charge on any atom is -0.436 e. The molecule has 1 fully saturated rings. The van der Waals surface area contributed by atoms with E-state index < -0.39 is 0 Å². The summed E-state index contributed by atoms with van der Waals surface area (Å²) >= 11 is 6.16. The number of nitrogens with zero attached hydrogens (tertiary/aromatic N) is 4. The van der Waals surface area contributed by atoms with Gasteiger partial charge in [0.25, 0.3) is 0 Å². The smallest absolute Gasteiger partial charge is 0.241 e. The van der Waals surface area contributed by atoms with Gasteiger partial charge in [0, 0.05) is 25.4 Å². The van der Waals surface area contributed by atoms with E-state index in [1.807, 2.05) is 0 Å². The molecule has 5 N–H and O–H groups in total. The average Bonchev–Trinajstić information content (AvgIpc) is 2.66. The molecule has 0 atom stereocenters. The summed E-state index contributed by atoms with van der Waals surface area (Å²) in [6.45, 7) is 6.34. The summed E-state index contributed by atoms with van der Waals surface area (Å²) in [6.07, 6.45) is 5.17. The highest BCUT2D eigenvalue weighted by Crippen LogP contribution is 2.32. The molecule has 1 aliphatic heterocycles. The Kier molecular flexibility index (Phi) is 5.48. The summed E-state index contributed by atoms with van der Waals surface area (Å²) in [4.78, 5) is 14.9. The van der Waals surface area contributed by atoms with E-state index >= 15 is 0 Å². The number of halogens is 1. The third-order valence-corrected chi connectivity index (χ3v) is 5.49. The van der Waals surface area contributed by atoms with Gasteiger partial charge in [-0.05, 0) is 31.7 Å². The molecule has 2 aromatic heterocycles. The maximum atomic E-state index is 8.16. The van der Waals surface area contributed by atoms with Crippen molar-refractivity contribution in [3.8, 4) is 5.75 Å². The highest BCUT2D eigenvalue weighted by molar-refractivity contribution is 6.32. The van der Waals surface area contributed by atoms with Gasteiger partial charge < -0.3 is 21.1 Å². The average molecular weight is 390 g/mol. The lowest BCUT2D eigenvalue weighted by atomic mass is 9.80. The molecule has 0 unspecified atom stereocenters. The molecule has 8 nitrogen and oxygen atoms in total. The fourth-order valence-corrected chi connectivity index (χ4v) is 3.11. The molecule has 2 aromatic rings. The van der Waals surface area contributed by atoms with Crippen LogP contribution in [0.4, 0.5) is 11.6 Å². The van der Waals surface area contributed by atoms with Gasteiger partial charge in [0.2, 0.25) is 5.90 Å². The Morgan fingerprint density at radius 1 is 1.37 bits per heavy atom. The number of aromatic nitrogens is 3. The van der Waals surface area contributed by atoms with Gasteiger partial charge in [0.15, 0.2) is 17.3 Å². The van der Waals surface area contributed by atoms with Crippen molar-refractivity contribution in [1.29, 1.82) is 5.41 Å². The number of ether oxygens (including phenoxy) is 1. The molecule has 1 aliphatic rings. The van der Waals surface area contributed by atoms with E-state index in [0.29, 0.717) is 28.8 Å². The molecule has 3 rings (SSSR count). The Balaban J connectivity index is 1.73. The summed E-state index contributed by atoms with van der Waals surface area (Å²) < 4.78 is 5.52. The van der Waals surface area contributed by atoms with Crippen LogP contribution in [-0.4, -0.2) is 40.5 Å². The fraction of sp³-hybridized carbons (Fsp3) is 0.444. The topological polar surface area (TPSA) is 127 Å². The quantitative estimate of drug-likeness (QED) is 0.541. The Morgan fingerprint density at radius 2 is 2.07 bits per heavy atom. The lowest BCUT2D eigenvalue weighted by Crippen LogP contribution is -2.42. The summed E-state index contributed by atoms with van der Waals surface area (Å²) in [7, 11) is 0. The standard InChI is InChI=1S/C18H24ClN7O/c1-11-14(19)12(3-6-23-11)27-17(22)15-16(21)25-13(9-24-15)26-7-4-18(2,10-20)5-8-26/h3,6,9,22H,4-5,7-8,10,20H2,1-2H3,(H2,21,25). The van der Waals surface area contributed by atoms with E-state index in [-0.39, 0.29) is 22.8 Å². The second-order valence-electron chi connectivity index (χ2n) is 7.10. The van der Waals surface area contributed by atoms with Gasteiger partial charge in [-0.2, -0.15) is 0 Å². The number of aryl methyl sites for hydroxylation is 1. The first kappa shape index (κ1) is 19.3. The monoisotopic (exact) mass is 389 g/mol. The predicted molar refractivity (Wildman–Crippen MR) is 106 cm³/mol. The van der Waals surface area contributed by atoms with Gasteiger partial charge >= 0.3 is 0 Å². The van der Waals surface area contributed by atoms with E-state index in [1.165, 1.54) is 0 Å². The number of nitrogens with two attached hydrogens (primary N) is 2. The van der Waals surface area contributed by atoms with Gasteiger partial charge in [-0.3, -0.25) is 10.4 Å². The van der Waals surface area contributed by atoms with Crippen LogP contribution < -0.4 is 21.1 Å². The van der Waals surface area contributed by atoms with Crippen LogP contribution in [-0.2, 0) is 0 Å². The number of rotatable bonds is 4. The molecule has 144 valence electrons. The zero-order chi connectivity index (χ0) is 19.6. The van der Waals surface area contributed by atoms with Crippen molar-refractivity contribution in [2.45, 2.75) is 26.7 Å². The molecule has 0 aromatic carbocycles. The molecule has 0 radical (unpaired) electrons. The van der Waals surface area contributed by atoms with E-state index in [0.717, 1.165) is 25.9 Å². The van der Waals surface area contributed by atoms with Crippen LogP contribution in [0.1, 0.15) is 31.2 Å². The summed E-state index contributed by atoms with van der Waals surface area (Å²) in [5, 5.41) is 8.50. The second-order valence-corrected chi connectivity index (χ2v) is 7.48. The van der Waals surface area contributed by atoms with Gasteiger partial charge in [0.05, 0.1) is 11.9 Å². The van der Waals surface area contributed by atoms with Crippen LogP contribution in [0.2, 0.25) is 5.02 Å². The van der Waals surface area contributed by atoms with Crippen molar-refractivity contribution in [2.75, 3.05) is 30.3 Å². The maximum absolute atomic E-state index is 8.16. The highest BCUT2D eigenvalue weighted by Gasteiger charge is 2.29. The lowest BCUT2D eigenvalue weighted by Gasteiger charge is -2.39. The number of pyridine rings is 1. The Labute approximate surface area is 163 Å². The zero-order valence-corrected chi connectivity index (χ0v) is 16.3. The molecule has 0 spiro atoms. The number of anilines is 2. The number of nitrogens with one attached hydrogen (secondary N) is 1. The minimum absolute atomic E-state index is 0.145. The van der Waals surface area contributed by atoms with Crippen LogP contribution in [0.25, 0.3) is 0 Å². The van der Waals surface area contributed by atoms with Crippen molar-refractivity contribution in [1.82, 2.24) is 15.0 Å². The first-order valence-corrected chi connectivity index (χ1v) is 9.16. The molecule has 1 saturated heterocycles. The van der Waals surface area contributed by atoms with Crippen LogP contribution in [0.5, 0.6) is 5.75 Å². The Bertz CT molecular complexity index is 850. The maximum Gasteiger partial charge on any atom is 0.241 e. The Hall–Kier alpha value is -2.45. The van der Waals surface area contributed by atoms with Crippen LogP contribution >= 0.6 is 11.6 Å². The molecular weight excluding hydrogens is 366 g/mol. The number of nitrogen functional groups attached to an aromatic ring is 1. The normalized spacial score (nSPS) is 16.2. The lowest BCUT2D eigenvalue weighted by molar-refractivity contribution is 0.258. The predicted octanol–water partition coefficient (Wildman–Crippen LogP) is 2.39. The van der Waals surface area contributed by atoms with E-state index in [1.54, 1.807) is 25.4 Å². The fourth-order valence-electron chi connectivity index (χ4n) is 2.96. The first-order chi connectivity index (χ1) is 12.8. The number of hydrogen-bond donors (Lipinski definition) is 3. The van der Waals surface area contributed by atoms with Gasteiger partial charge in [0.1, 0.15) is 10.8 Å². The zero-order valence-electron chi connectivity index (χ0n) is 15.5. The Morgan fingerprint density at radius 3 is 2.70 bits per heavy atom. The van der Waals surface area contributed by atoms with Crippen molar-refractivity contribution < 1.29 is 4.74 Å². The van der Waals surface area contributed by atoms with Crippen molar-refractivity contribution in [2.24, 2.45) is 11.1 Å². The molecule has 9 heteroatoms. The molecule has 3 heterocycles. The third kappa shape index (κ3) is 4.12. The molecule has 0 saturated carbocycles. The van der Waals surface area contributed by atoms with Gasteiger partial charge in [-0.15, -0.1) is 0 Å². The summed E-state index contributed by atoms with van der Waals surface area (Å²) in [6, 6.07) is 1.59. The molecule has 0 aliphatic carbocycles. The molecular formula is C18H24ClN7O. The van der Waals surface area contributed by atoms with E-state index in [9.17, 15) is 0 Å². The summed E-state index contributed by atoms with van der Waals surface area (Å²) in [5.74, 6) is 0.956. The molecule has 27 heavy (non-hydrogen) atoms. The molecule has 0 amide bonds. The summed E-state index contributed by atoms with van der Waals surface area (Å²) in [5.41, 5.74) is 12.9. The number of piperidine rings is 1. The minimum atomic E-state index is -0.214. The second kappa shape index (κ2) is 7.66. The third-order valence-electron chi connectivity index (χ3n) is 5.03. The van der Waals surface area contributed by atoms with E-state index in [2.05, 4.69) is 26.8 Å². The van der Waals surface area contributed by atoms with Crippen molar-refractivity contribution in [3.63, 3.8) is 0 Å². The SMILES string of the molecule is Cc1nccc(OC(=N)c2ncc(N3CCC(C)(CN)CC3)nc2N)c1Cl. The van der Waals surface area contributed by atoms with Crippen molar-refractivity contribution >= 4 is 29.1 Å². The van der Waals surface area contributed by atoms with Gasteiger partial charge in [-0.25, -0.2) is 9.97 Å². The van der Waals surface area contributed by atoms with E-state index in [4.69, 9.17) is 33.2 Å². The largest absolute Gasteiger partial charge is 0.436 e. The highest BCUT2D eigenvalue weighted by atomic mass is 35.5. The molecule has 0 bridgehead atoms.